The minimum absolute atomic E-state index is 0.183. The molecule has 6 nitrogen and oxygen atoms in total. The van der Waals surface area contributed by atoms with Crippen LogP contribution in [-0.4, -0.2) is 26.6 Å². The zero-order chi connectivity index (χ0) is 16.4. The molecule has 0 heterocycles. The quantitative estimate of drug-likeness (QED) is 0.784. The van der Waals surface area contributed by atoms with Gasteiger partial charge in [-0.1, -0.05) is 32.4 Å². The van der Waals surface area contributed by atoms with E-state index in [9.17, 15) is 13.2 Å². The van der Waals surface area contributed by atoms with Gasteiger partial charge in [-0.05, 0) is 23.6 Å². The number of nitrogens with one attached hydrogen (secondary N) is 2. The lowest BCUT2D eigenvalue weighted by Crippen LogP contribution is -2.45. The Kier molecular flexibility index (Phi) is 5.25. The van der Waals surface area contributed by atoms with Crippen LogP contribution in [-0.2, 0) is 14.8 Å². The molecule has 0 fully saturated rings. The van der Waals surface area contributed by atoms with E-state index in [-0.39, 0.29) is 22.0 Å². The maximum atomic E-state index is 12.0. The largest absolute Gasteiger partial charge is 0.325 e. The number of carbonyl (C=O) groups is 1. The fourth-order valence-corrected chi connectivity index (χ4v) is 2.35. The maximum Gasteiger partial charge on any atom is 0.241 e. The van der Waals surface area contributed by atoms with Gasteiger partial charge in [-0.15, -0.1) is 0 Å². The van der Waals surface area contributed by atoms with E-state index >= 15 is 0 Å². The molecule has 0 radical (unpaired) electrons. The van der Waals surface area contributed by atoms with Crippen LogP contribution in [0.25, 0.3) is 0 Å². The number of hydrogen-bond donors (Lipinski definition) is 3. The molecule has 0 aromatic heterocycles. The van der Waals surface area contributed by atoms with Crippen molar-refractivity contribution in [1.29, 1.82) is 0 Å². The molecule has 0 aliphatic carbocycles. The van der Waals surface area contributed by atoms with Gasteiger partial charge in [0.25, 0.3) is 0 Å². The molecule has 1 unspecified atom stereocenters. The number of carbonyl (C=O) groups excluding carboxylic acids is 1. The molecule has 0 aliphatic rings. The Hall–Kier alpha value is -1.31. The van der Waals surface area contributed by atoms with Crippen LogP contribution in [0, 0.1) is 5.41 Å². The Bertz CT molecular complexity index is 639. The number of rotatable bonds is 4. The van der Waals surface area contributed by atoms with Crippen molar-refractivity contribution < 1.29 is 13.2 Å². The van der Waals surface area contributed by atoms with Crippen LogP contribution >= 0.6 is 11.6 Å². The zero-order valence-corrected chi connectivity index (χ0v) is 14.0. The third-order valence-corrected chi connectivity index (χ3v) is 3.65. The third kappa shape index (κ3) is 5.53. The predicted molar refractivity (Wildman–Crippen MR) is 86.0 cm³/mol. The highest BCUT2D eigenvalue weighted by atomic mass is 35.5. The van der Waals surface area contributed by atoms with Gasteiger partial charge in [0.15, 0.2) is 0 Å². The predicted octanol–water partition coefficient (Wildman–Crippen LogP) is 2.02. The third-order valence-electron chi connectivity index (χ3n) is 2.75. The molecule has 0 saturated heterocycles. The van der Waals surface area contributed by atoms with Crippen LogP contribution in [0.5, 0.6) is 0 Å². The summed E-state index contributed by atoms with van der Waals surface area (Å²) in [5.41, 5.74) is 6.18. The first-order chi connectivity index (χ1) is 9.40. The summed E-state index contributed by atoms with van der Waals surface area (Å²) in [6.07, 6.45) is 1.03. The molecule has 1 rings (SSSR count). The van der Waals surface area contributed by atoms with Crippen molar-refractivity contribution in [3.05, 3.63) is 23.2 Å². The molecule has 21 heavy (non-hydrogen) atoms. The molecular weight excluding hydrogens is 314 g/mol. The topological polar surface area (TPSA) is 101 Å². The first-order valence-corrected chi connectivity index (χ1v) is 8.51. The van der Waals surface area contributed by atoms with E-state index in [1.54, 1.807) is 6.07 Å². The molecular formula is C13H20ClN3O3S. The average Bonchev–Trinajstić information content (AvgIpc) is 2.29. The lowest BCUT2D eigenvalue weighted by atomic mass is 9.87. The van der Waals surface area contributed by atoms with Crippen LogP contribution in [0.4, 0.5) is 11.4 Å². The van der Waals surface area contributed by atoms with Gasteiger partial charge in [-0.25, -0.2) is 8.42 Å². The van der Waals surface area contributed by atoms with Crippen LogP contribution in [0.3, 0.4) is 0 Å². The smallest absolute Gasteiger partial charge is 0.241 e. The molecule has 0 saturated carbocycles. The molecule has 1 amide bonds. The minimum atomic E-state index is -3.41. The Balaban J connectivity index is 2.88. The van der Waals surface area contributed by atoms with Crippen molar-refractivity contribution in [2.24, 2.45) is 11.1 Å². The first kappa shape index (κ1) is 17.7. The van der Waals surface area contributed by atoms with Crippen LogP contribution < -0.4 is 15.8 Å². The number of sulfonamides is 1. The number of amides is 1. The molecule has 0 aliphatic heterocycles. The highest BCUT2D eigenvalue weighted by molar-refractivity contribution is 7.92. The number of halogens is 1. The highest BCUT2D eigenvalue weighted by Gasteiger charge is 2.27. The van der Waals surface area contributed by atoms with E-state index in [1.165, 1.54) is 12.1 Å². The van der Waals surface area contributed by atoms with Crippen molar-refractivity contribution in [3.8, 4) is 0 Å². The van der Waals surface area contributed by atoms with Crippen molar-refractivity contribution >= 4 is 38.9 Å². The van der Waals surface area contributed by atoms with Crippen LogP contribution in [0.2, 0.25) is 5.02 Å². The molecule has 1 aromatic carbocycles. The minimum Gasteiger partial charge on any atom is -0.325 e. The fourth-order valence-electron chi connectivity index (χ4n) is 1.49. The fraction of sp³-hybridized carbons (Fsp3) is 0.462. The average molecular weight is 334 g/mol. The van der Waals surface area contributed by atoms with E-state index in [1.807, 2.05) is 20.8 Å². The molecule has 1 aromatic rings. The molecule has 0 spiro atoms. The molecule has 118 valence electrons. The number of nitrogens with two attached hydrogens (primary N) is 1. The standard InChI is InChI=1S/C13H20ClN3O3S/c1-13(2,3)11(15)12(18)16-8-5-6-10(9(14)7-8)17-21(4,19)20/h5-7,11,17H,15H2,1-4H3,(H,16,18). The van der Waals surface area contributed by atoms with Crippen molar-refractivity contribution in [3.63, 3.8) is 0 Å². The Morgan fingerprint density at radius 2 is 1.90 bits per heavy atom. The zero-order valence-electron chi connectivity index (χ0n) is 12.4. The SMILES string of the molecule is CC(C)(C)C(N)C(=O)Nc1ccc(NS(C)(=O)=O)c(Cl)c1. The second kappa shape index (κ2) is 6.21. The van der Waals surface area contributed by atoms with E-state index in [2.05, 4.69) is 10.0 Å². The van der Waals surface area contributed by atoms with E-state index in [4.69, 9.17) is 17.3 Å². The summed E-state index contributed by atoms with van der Waals surface area (Å²) in [5.74, 6) is -0.331. The summed E-state index contributed by atoms with van der Waals surface area (Å²) in [6.45, 7) is 5.59. The number of benzene rings is 1. The molecule has 4 N–H and O–H groups in total. The summed E-state index contributed by atoms with van der Waals surface area (Å²) in [4.78, 5) is 12.0. The van der Waals surface area contributed by atoms with Gasteiger partial charge in [0.2, 0.25) is 15.9 Å². The summed E-state index contributed by atoms with van der Waals surface area (Å²) < 4.78 is 24.6. The van der Waals surface area contributed by atoms with Gasteiger partial charge in [0.1, 0.15) is 0 Å². The van der Waals surface area contributed by atoms with Gasteiger partial charge in [-0.3, -0.25) is 9.52 Å². The lowest BCUT2D eigenvalue weighted by Gasteiger charge is -2.25. The van der Waals surface area contributed by atoms with E-state index < -0.39 is 16.1 Å². The second-order valence-electron chi connectivity index (χ2n) is 5.90. The molecule has 1 atom stereocenters. The number of anilines is 2. The van der Waals surface area contributed by atoms with Gasteiger partial charge in [-0.2, -0.15) is 0 Å². The summed E-state index contributed by atoms with van der Waals surface area (Å²) >= 11 is 5.98. The normalized spacial score (nSPS) is 13.6. The Morgan fingerprint density at radius 3 is 2.33 bits per heavy atom. The van der Waals surface area contributed by atoms with Gasteiger partial charge in [0, 0.05) is 5.69 Å². The first-order valence-electron chi connectivity index (χ1n) is 6.24. The number of hydrogen-bond acceptors (Lipinski definition) is 4. The van der Waals surface area contributed by atoms with Crippen LogP contribution in [0.1, 0.15) is 20.8 Å². The maximum absolute atomic E-state index is 12.0. The summed E-state index contributed by atoms with van der Waals surface area (Å²) in [7, 11) is -3.41. The van der Waals surface area contributed by atoms with Gasteiger partial charge < -0.3 is 11.1 Å². The van der Waals surface area contributed by atoms with Crippen molar-refractivity contribution in [2.75, 3.05) is 16.3 Å². The Labute approximate surface area is 130 Å². The van der Waals surface area contributed by atoms with Gasteiger partial charge >= 0.3 is 0 Å². The molecule has 0 bridgehead atoms. The van der Waals surface area contributed by atoms with Crippen molar-refractivity contribution in [1.82, 2.24) is 0 Å². The molecule has 8 heteroatoms. The lowest BCUT2D eigenvalue weighted by molar-refractivity contribution is -0.119. The van der Waals surface area contributed by atoms with E-state index in [0.717, 1.165) is 6.26 Å². The monoisotopic (exact) mass is 333 g/mol. The van der Waals surface area contributed by atoms with Crippen LogP contribution in [0.15, 0.2) is 18.2 Å². The second-order valence-corrected chi connectivity index (χ2v) is 8.06. The summed E-state index contributed by atoms with van der Waals surface area (Å²) in [6, 6.07) is 3.81. The van der Waals surface area contributed by atoms with Gasteiger partial charge in [0.05, 0.1) is 23.0 Å². The van der Waals surface area contributed by atoms with Crippen molar-refractivity contribution in [2.45, 2.75) is 26.8 Å². The summed E-state index contributed by atoms with van der Waals surface area (Å²) in [5, 5.41) is 2.84. The van der Waals surface area contributed by atoms with E-state index in [0.29, 0.717) is 5.69 Å². The Morgan fingerprint density at radius 1 is 1.33 bits per heavy atom. The highest BCUT2D eigenvalue weighted by Crippen LogP contribution is 2.27.